The van der Waals surface area contributed by atoms with Gasteiger partial charge in [-0.3, -0.25) is 4.79 Å². The highest BCUT2D eigenvalue weighted by atomic mass is 35.5. The van der Waals surface area contributed by atoms with Crippen LogP contribution in [0.15, 0.2) is 42.5 Å². The molecule has 0 unspecified atom stereocenters. The number of hydrogen-bond acceptors (Lipinski definition) is 2. The summed E-state index contributed by atoms with van der Waals surface area (Å²) in [5.74, 6) is 0.125. The van der Waals surface area contributed by atoms with Crippen LogP contribution in [0.3, 0.4) is 0 Å². The highest BCUT2D eigenvalue weighted by molar-refractivity contribution is 6.42. The molecule has 0 aromatic heterocycles. The average molecular weight is 377 g/mol. The highest BCUT2D eigenvalue weighted by Gasteiger charge is 2.29. The Labute approximate surface area is 159 Å². The summed E-state index contributed by atoms with van der Waals surface area (Å²) in [6.45, 7) is 1.51. The maximum atomic E-state index is 13.0. The molecule has 0 bridgehead atoms. The molecule has 0 aliphatic carbocycles. The Hall–Kier alpha value is -1.55. The average Bonchev–Trinajstić information content (AvgIpc) is 2.57. The van der Waals surface area contributed by atoms with Gasteiger partial charge in [-0.15, -0.1) is 0 Å². The van der Waals surface area contributed by atoms with E-state index in [1.54, 1.807) is 12.1 Å². The third-order valence-corrected chi connectivity index (χ3v) is 5.33. The van der Waals surface area contributed by atoms with Crippen LogP contribution in [0, 0.1) is 0 Å². The molecule has 1 amide bonds. The SMILES string of the molecule is CN(C)C[C@H]1Cc2ccccc2CN1C(=O)Cc1ccc(Cl)c(Cl)c1. The molecule has 5 heteroatoms. The summed E-state index contributed by atoms with van der Waals surface area (Å²) in [7, 11) is 4.09. The smallest absolute Gasteiger partial charge is 0.227 e. The highest BCUT2D eigenvalue weighted by Crippen LogP contribution is 2.26. The van der Waals surface area contributed by atoms with Crippen LogP contribution in [-0.4, -0.2) is 42.4 Å². The summed E-state index contributed by atoms with van der Waals surface area (Å²) >= 11 is 12.1. The zero-order valence-electron chi connectivity index (χ0n) is 14.5. The van der Waals surface area contributed by atoms with Crippen molar-refractivity contribution in [2.45, 2.75) is 25.4 Å². The zero-order valence-corrected chi connectivity index (χ0v) is 16.0. The standard InChI is InChI=1S/C20H22Cl2N2O/c1-23(2)13-17-11-15-5-3-4-6-16(15)12-24(17)20(25)10-14-7-8-18(21)19(22)9-14/h3-9,17H,10-13H2,1-2H3/t17-/m1/s1. The predicted octanol–water partition coefficient (Wildman–Crippen LogP) is 4.05. The van der Waals surface area contributed by atoms with Gasteiger partial charge in [0.25, 0.3) is 0 Å². The van der Waals surface area contributed by atoms with Crippen LogP contribution in [0.4, 0.5) is 0 Å². The quantitative estimate of drug-likeness (QED) is 0.803. The minimum Gasteiger partial charge on any atom is -0.333 e. The molecule has 25 heavy (non-hydrogen) atoms. The van der Waals surface area contributed by atoms with Gasteiger partial charge >= 0.3 is 0 Å². The molecular formula is C20H22Cl2N2O. The summed E-state index contributed by atoms with van der Waals surface area (Å²) < 4.78 is 0. The lowest BCUT2D eigenvalue weighted by Gasteiger charge is -2.38. The Morgan fingerprint density at radius 3 is 2.52 bits per heavy atom. The van der Waals surface area contributed by atoms with Crippen molar-refractivity contribution >= 4 is 29.1 Å². The molecule has 2 aromatic rings. The van der Waals surface area contributed by atoms with Crippen molar-refractivity contribution in [3.8, 4) is 0 Å². The molecule has 132 valence electrons. The van der Waals surface area contributed by atoms with Crippen molar-refractivity contribution in [2.75, 3.05) is 20.6 Å². The Kier molecular flexibility index (Phi) is 5.67. The van der Waals surface area contributed by atoms with Gasteiger partial charge in [0.1, 0.15) is 0 Å². The van der Waals surface area contributed by atoms with Crippen LogP contribution in [0.2, 0.25) is 10.0 Å². The maximum absolute atomic E-state index is 13.0. The molecule has 0 spiro atoms. The van der Waals surface area contributed by atoms with Crippen molar-refractivity contribution in [3.63, 3.8) is 0 Å². The van der Waals surface area contributed by atoms with Crippen LogP contribution in [0.25, 0.3) is 0 Å². The number of rotatable bonds is 4. The van der Waals surface area contributed by atoms with E-state index in [1.165, 1.54) is 11.1 Å². The lowest BCUT2D eigenvalue weighted by atomic mass is 9.93. The van der Waals surface area contributed by atoms with E-state index in [9.17, 15) is 4.79 Å². The van der Waals surface area contributed by atoms with E-state index >= 15 is 0 Å². The molecule has 2 aromatic carbocycles. The van der Waals surface area contributed by atoms with Crippen LogP contribution in [0.5, 0.6) is 0 Å². The number of hydrogen-bond donors (Lipinski definition) is 0. The molecule has 0 radical (unpaired) electrons. The summed E-state index contributed by atoms with van der Waals surface area (Å²) in [5, 5.41) is 0.996. The summed E-state index contributed by atoms with van der Waals surface area (Å²) in [6.07, 6.45) is 1.23. The Morgan fingerprint density at radius 2 is 1.84 bits per heavy atom. The third-order valence-electron chi connectivity index (χ3n) is 4.59. The molecule has 1 aliphatic rings. The molecule has 3 nitrogen and oxygen atoms in total. The number of carbonyl (C=O) groups excluding carboxylic acids is 1. The lowest BCUT2D eigenvalue weighted by molar-refractivity contribution is -0.134. The fourth-order valence-electron chi connectivity index (χ4n) is 3.39. The van der Waals surface area contributed by atoms with E-state index in [-0.39, 0.29) is 11.9 Å². The van der Waals surface area contributed by atoms with Crippen molar-refractivity contribution in [3.05, 3.63) is 69.2 Å². The number of nitrogens with zero attached hydrogens (tertiary/aromatic N) is 2. The van der Waals surface area contributed by atoms with Crippen molar-refractivity contribution in [2.24, 2.45) is 0 Å². The van der Waals surface area contributed by atoms with Gasteiger partial charge in [0, 0.05) is 19.1 Å². The lowest BCUT2D eigenvalue weighted by Crippen LogP contribution is -2.49. The van der Waals surface area contributed by atoms with Gasteiger partial charge in [-0.05, 0) is 49.3 Å². The van der Waals surface area contributed by atoms with Crippen molar-refractivity contribution < 1.29 is 4.79 Å². The third kappa shape index (κ3) is 4.35. The Bertz CT molecular complexity index is 776. The first-order valence-corrected chi connectivity index (χ1v) is 9.14. The molecule has 1 heterocycles. The number of fused-ring (bicyclic) bond motifs is 1. The molecule has 0 saturated carbocycles. The Balaban J connectivity index is 1.81. The summed E-state index contributed by atoms with van der Waals surface area (Å²) in [6, 6.07) is 14.0. The summed E-state index contributed by atoms with van der Waals surface area (Å²) in [4.78, 5) is 17.1. The van der Waals surface area contributed by atoms with E-state index in [4.69, 9.17) is 23.2 Å². The van der Waals surface area contributed by atoms with Crippen LogP contribution in [0.1, 0.15) is 16.7 Å². The predicted molar refractivity (Wildman–Crippen MR) is 103 cm³/mol. The van der Waals surface area contributed by atoms with E-state index in [2.05, 4.69) is 23.1 Å². The first kappa shape index (κ1) is 18.2. The van der Waals surface area contributed by atoms with Crippen LogP contribution in [-0.2, 0) is 24.2 Å². The number of halogens is 2. The topological polar surface area (TPSA) is 23.6 Å². The van der Waals surface area contributed by atoms with Gasteiger partial charge in [-0.2, -0.15) is 0 Å². The van der Waals surface area contributed by atoms with Crippen molar-refractivity contribution in [1.29, 1.82) is 0 Å². The molecule has 1 atom stereocenters. The fraction of sp³-hybridized carbons (Fsp3) is 0.350. The molecule has 1 aliphatic heterocycles. The van der Waals surface area contributed by atoms with Gasteiger partial charge in [0.05, 0.1) is 16.5 Å². The van der Waals surface area contributed by atoms with E-state index in [0.29, 0.717) is 23.0 Å². The number of likely N-dealkylation sites (N-methyl/N-ethyl adjacent to an activating group) is 1. The van der Waals surface area contributed by atoms with E-state index < -0.39 is 0 Å². The number of amides is 1. The number of carbonyl (C=O) groups is 1. The Morgan fingerprint density at radius 1 is 1.12 bits per heavy atom. The van der Waals surface area contributed by atoms with E-state index in [0.717, 1.165) is 18.5 Å². The molecule has 0 N–H and O–H groups in total. The monoisotopic (exact) mass is 376 g/mol. The molecular weight excluding hydrogens is 355 g/mol. The summed E-state index contributed by atoms with van der Waals surface area (Å²) in [5.41, 5.74) is 3.47. The van der Waals surface area contributed by atoms with Gasteiger partial charge in [-0.1, -0.05) is 53.5 Å². The largest absolute Gasteiger partial charge is 0.333 e. The minimum atomic E-state index is 0.125. The molecule has 3 rings (SSSR count). The second-order valence-electron chi connectivity index (χ2n) is 6.84. The first-order chi connectivity index (χ1) is 11.9. The zero-order chi connectivity index (χ0) is 18.0. The second-order valence-corrected chi connectivity index (χ2v) is 7.65. The van der Waals surface area contributed by atoms with Gasteiger partial charge < -0.3 is 9.80 Å². The van der Waals surface area contributed by atoms with Crippen LogP contribution < -0.4 is 0 Å². The minimum absolute atomic E-state index is 0.125. The number of benzene rings is 2. The van der Waals surface area contributed by atoms with E-state index in [1.807, 2.05) is 31.1 Å². The van der Waals surface area contributed by atoms with Gasteiger partial charge in [-0.25, -0.2) is 0 Å². The van der Waals surface area contributed by atoms with Gasteiger partial charge in [0.15, 0.2) is 0 Å². The van der Waals surface area contributed by atoms with Crippen molar-refractivity contribution in [1.82, 2.24) is 9.80 Å². The van der Waals surface area contributed by atoms with Crippen LogP contribution >= 0.6 is 23.2 Å². The van der Waals surface area contributed by atoms with Gasteiger partial charge in [0.2, 0.25) is 5.91 Å². The fourth-order valence-corrected chi connectivity index (χ4v) is 3.71. The first-order valence-electron chi connectivity index (χ1n) is 8.39. The molecule has 0 fully saturated rings. The normalized spacial score (nSPS) is 16.8. The maximum Gasteiger partial charge on any atom is 0.227 e. The molecule has 0 saturated heterocycles. The second kappa shape index (κ2) is 7.77.